The number of rotatable bonds is 7. The van der Waals surface area contributed by atoms with Gasteiger partial charge >= 0.3 is 0 Å². The Morgan fingerprint density at radius 3 is 2.50 bits per heavy atom. The van der Waals surface area contributed by atoms with E-state index in [0.717, 1.165) is 12.0 Å². The first-order valence-electron chi connectivity index (χ1n) is 8.80. The van der Waals surface area contributed by atoms with Crippen molar-refractivity contribution in [2.45, 2.75) is 40.2 Å². The van der Waals surface area contributed by atoms with Gasteiger partial charge in [0.05, 0.1) is 11.3 Å². The standard InChI is InChI=1S/C21H26N2O3/c1-5-16(4)22-21(25)18-8-6-7-9-19(18)23-20(24)13-26-17-11-10-14(2)15(3)12-17/h6-12,16H,5,13H2,1-4H3,(H,22,25)(H,23,24)/t16-/m0/s1. The Balaban J connectivity index is 2.00. The molecule has 2 amide bonds. The molecule has 0 heterocycles. The van der Waals surface area contributed by atoms with Crippen LogP contribution in [0, 0.1) is 13.8 Å². The molecule has 0 aromatic heterocycles. The minimum Gasteiger partial charge on any atom is -0.484 e. The second-order valence-electron chi connectivity index (χ2n) is 6.41. The van der Waals surface area contributed by atoms with Crippen LogP contribution in [-0.4, -0.2) is 24.5 Å². The fraction of sp³-hybridized carbons (Fsp3) is 0.333. The molecular formula is C21H26N2O3. The number of hydrogen-bond donors (Lipinski definition) is 2. The molecule has 2 aromatic carbocycles. The molecule has 0 bridgehead atoms. The van der Waals surface area contributed by atoms with E-state index in [9.17, 15) is 9.59 Å². The number of amides is 2. The zero-order valence-corrected chi connectivity index (χ0v) is 15.8. The normalized spacial score (nSPS) is 11.5. The van der Waals surface area contributed by atoms with Gasteiger partial charge in [-0.05, 0) is 62.6 Å². The fourth-order valence-electron chi connectivity index (χ4n) is 2.33. The fourth-order valence-corrected chi connectivity index (χ4v) is 2.33. The molecule has 5 heteroatoms. The van der Waals surface area contributed by atoms with Gasteiger partial charge in [-0.1, -0.05) is 25.1 Å². The number of benzene rings is 2. The maximum atomic E-state index is 12.4. The Labute approximate surface area is 154 Å². The molecule has 0 saturated heterocycles. The average Bonchev–Trinajstić information content (AvgIpc) is 2.63. The first kappa shape index (κ1) is 19.5. The van der Waals surface area contributed by atoms with Crippen molar-refractivity contribution < 1.29 is 14.3 Å². The van der Waals surface area contributed by atoms with Gasteiger partial charge in [-0.3, -0.25) is 9.59 Å². The van der Waals surface area contributed by atoms with Crippen molar-refractivity contribution in [2.24, 2.45) is 0 Å². The molecule has 2 N–H and O–H groups in total. The molecule has 138 valence electrons. The second kappa shape index (κ2) is 9.04. The maximum Gasteiger partial charge on any atom is 0.262 e. The van der Waals surface area contributed by atoms with Crippen molar-refractivity contribution in [3.05, 3.63) is 59.2 Å². The third kappa shape index (κ3) is 5.34. The Kier molecular flexibility index (Phi) is 6.78. The van der Waals surface area contributed by atoms with E-state index in [1.54, 1.807) is 24.3 Å². The number of hydrogen-bond acceptors (Lipinski definition) is 3. The lowest BCUT2D eigenvalue weighted by Crippen LogP contribution is -2.33. The van der Waals surface area contributed by atoms with Crippen LogP contribution < -0.4 is 15.4 Å². The third-order valence-corrected chi connectivity index (χ3v) is 4.28. The molecular weight excluding hydrogens is 328 g/mol. The number of nitrogens with one attached hydrogen (secondary N) is 2. The highest BCUT2D eigenvalue weighted by atomic mass is 16.5. The lowest BCUT2D eigenvalue weighted by Gasteiger charge is -2.15. The van der Waals surface area contributed by atoms with Crippen molar-refractivity contribution >= 4 is 17.5 Å². The van der Waals surface area contributed by atoms with Gasteiger partial charge in [-0.2, -0.15) is 0 Å². The number of carbonyl (C=O) groups is 2. The first-order chi connectivity index (χ1) is 12.4. The van der Waals surface area contributed by atoms with E-state index >= 15 is 0 Å². The summed E-state index contributed by atoms with van der Waals surface area (Å²) in [6.07, 6.45) is 0.837. The van der Waals surface area contributed by atoms with Crippen LogP contribution in [0.15, 0.2) is 42.5 Å². The largest absolute Gasteiger partial charge is 0.484 e. The topological polar surface area (TPSA) is 67.4 Å². The van der Waals surface area contributed by atoms with Gasteiger partial charge < -0.3 is 15.4 Å². The molecule has 26 heavy (non-hydrogen) atoms. The number of aryl methyl sites for hydroxylation is 2. The van der Waals surface area contributed by atoms with Crippen LogP contribution in [0.2, 0.25) is 0 Å². The van der Waals surface area contributed by atoms with Crippen LogP contribution in [0.3, 0.4) is 0 Å². The van der Waals surface area contributed by atoms with Gasteiger partial charge in [-0.25, -0.2) is 0 Å². The van der Waals surface area contributed by atoms with Crippen molar-refractivity contribution in [1.82, 2.24) is 5.32 Å². The second-order valence-corrected chi connectivity index (χ2v) is 6.41. The predicted molar refractivity (Wildman–Crippen MR) is 104 cm³/mol. The molecule has 0 spiro atoms. The van der Waals surface area contributed by atoms with Crippen LogP contribution in [-0.2, 0) is 4.79 Å². The maximum absolute atomic E-state index is 12.4. The average molecular weight is 354 g/mol. The number of para-hydroxylation sites is 1. The minimum atomic E-state index is -0.313. The van der Waals surface area contributed by atoms with Gasteiger partial charge in [-0.15, -0.1) is 0 Å². The zero-order chi connectivity index (χ0) is 19.1. The van der Waals surface area contributed by atoms with Gasteiger partial charge in [0.1, 0.15) is 5.75 Å². The van der Waals surface area contributed by atoms with Crippen LogP contribution in [0.1, 0.15) is 41.8 Å². The summed E-state index contributed by atoms with van der Waals surface area (Å²) >= 11 is 0. The van der Waals surface area contributed by atoms with Gasteiger partial charge in [0.15, 0.2) is 6.61 Å². The zero-order valence-electron chi connectivity index (χ0n) is 15.8. The van der Waals surface area contributed by atoms with E-state index < -0.39 is 0 Å². The van der Waals surface area contributed by atoms with E-state index in [-0.39, 0.29) is 24.5 Å². The summed E-state index contributed by atoms with van der Waals surface area (Å²) < 4.78 is 5.55. The Morgan fingerprint density at radius 2 is 1.81 bits per heavy atom. The summed E-state index contributed by atoms with van der Waals surface area (Å²) in [6.45, 7) is 7.84. The van der Waals surface area contributed by atoms with Crippen molar-refractivity contribution in [3.63, 3.8) is 0 Å². The van der Waals surface area contributed by atoms with Crippen molar-refractivity contribution in [2.75, 3.05) is 11.9 Å². The molecule has 0 fully saturated rings. The van der Waals surface area contributed by atoms with Gasteiger partial charge in [0.2, 0.25) is 0 Å². The lowest BCUT2D eigenvalue weighted by molar-refractivity contribution is -0.118. The lowest BCUT2D eigenvalue weighted by atomic mass is 10.1. The third-order valence-electron chi connectivity index (χ3n) is 4.28. The molecule has 2 rings (SSSR count). The van der Waals surface area contributed by atoms with Crippen molar-refractivity contribution in [3.8, 4) is 5.75 Å². The van der Waals surface area contributed by atoms with Crippen LogP contribution in [0.4, 0.5) is 5.69 Å². The first-order valence-corrected chi connectivity index (χ1v) is 8.80. The molecule has 1 atom stereocenters. The van der Waals surface area contributed by atoms with Crippen LogP contribution >= 0.6 is 0 Å². The highest BCUT2D eigenvalue weighted by Gasteiger charge is 2.14. The summed E-state index contributed by atoms with van der Waals surface area (Å²) in [7, 11) is 0. The predicted octanol–water partition coefficient (Wildman–Crippen LogP) is 3.85. The van der Waals surface area contributed by atoms with E-state index in [0.29, 0.717) is 17.0 Å². The SMILES string of the molecule is CC[C@H](C)NC(=O)c1ccccc1NC(=O)COc1ccc(C)c(C)c1. The Hall–Kier alpha value is -2.82. The van der Waals surface area contributed by atoms with Crippen LogP contribution in [0.25, 0.3) is 0 Å². The number of ether oxygens (including phenoxy) is 1. The summed E-state index contributed by atoms with van der Waals surface area (Å²) in [4.78, 5) is 24.6. The minimum absolute atomic E-state index is 0.0689. The summed E-state index contributed by atoms with van der Waals surface area (Å²) in [5.41, 5.74) is 3.19. The van der Waals surface area contributed by atoms with Gasteiger partial charge in [0.25, 0.3) is 11.8 Å². The molecule has 0 unspecified atom stereocenters. The number of carbonyl (C=O) groups excluding carboxylic acids is 2. The monoisotopic (exact) mass is 354 g/mol. The van der Waals surface area contributed by atoms with Crippen molar-refractivity contribution in [1.29, 1.82) is 0 Å². The van der Waals surface area contributed by atoms with E-state index in [1.165, 1.54) is 5.56 Å². The van der Waals surface area contributed by atoms with Crippen LogP contribution in [0.5, 0.6) is 5.75 Å². The summed E-state index contributed by atoms with van der Waals surface area (Å²) in [5.74, 6) is 0.128. The molecule has 0 aliphatic rings. The Morgan fingerprint density at radius 1 is 1.08 bits per heavy atom. The molecule has 0 radical (unpaired) electrons. The molecule has 0 saturated carbocycles. The van der Waals surface area contributed by atoms with E-state index in [4.69, 9.17) is 4.74 Å². The van der Waals surface area contributed by atoms with E-state index in [1.807, 2.05) is 45.9 Å². The molecule has 5 nitrogen and oxygen atoms in total. The highest BCUT2D eigenvalue weighted by Crippen LogP contribution is 2.18. The van der Waals surface area contributed by atoms with E-state index in [2.05, 4.69) is 10.6 Å². The smallest absolute Gasteiger partial charge is 0.262 e. The highest BCUT2D eigenvalue weighted by molar-refractivity contribution is 6.04. The Bertz CT molecular complexity index is 787. The number of anilines is 1. The summed E-state index contributed by atoms with van der Waals surface area (Å²) in [5, 5.41) is 5.66. The molecule has 0 aliphatic carbocycles. The quantitative estimate of drug-likeness (QED) is 0.794. The van der Waals surface area contributed by atoms with Gasteiger partial charge in [0, 0.05) is 6.04 Å². The molecule has 0 aliphatic heterocycles. The summed E-state index contributed by atoms with van der Waals surface area (Å²) in [6, 6.07) is 12.7. The molecule has 2 aromatic rings.